The lowest BCUT2D eigenvalue weighted by molar-refractivity contribution is 0.413. The zero-order chi connectivity index (χ0) is 15.4. The lowest BCUT2D eigenvalue weighted by atomic mass is 10.0. The smallest absolute Gasteiger partial charge is 0.0446 e. The molecule has 1 fully saturated rings. The standard InChI is InChI=1S/C20H25N2/c1-16-8-9-18(17(2)14-16)15-21-19-10-12-22(13-11-19)20-6-4-3-5-7-20/h3-6,8-9,14,19,21H,10-13,15H2,1-2H3. The maximum atomic E-state index is 3.73. The first-order valence-electron chi connectivity index (χ1n) is 8.23. The van der Waals surface area contributed by atoms with Crippen LogP contribution in [0.4, 0.5) is 5.69 Å². The van der Waals surface area contributed by atoms with Crippen molar-refractivity contribution in [3.63, 3.8) is 0 Å². The summed E-state index contributed by atoms with van der Waals surface area (Å²) in [5.41, 5.74) is 5.39. The molecule has 0 unspecified atom stereocenters. The number of nitrogens with one attached hydrogen (secondary N) is 1. The topological polar surface area (TPSA) is 15.3 Å². The summed E-state index contributed by atoms with van der Waals surface area (Å²) in [6.07, 6.45) is 2.40. The van der Waals surface area contributed by atoms with E-state index in [0.717, 1.165) is 19.6 Å². The summed E-state index contributed by atoms with van der Waals surface area (Å²) in [6, 6.07) is 19.0. The first-order valence-corrected chi connectivity index (χ1v) is 8.23. The average Bonchev–Trinajstić information content (AvgIpc) is 2.55. The molecule has 115 valence electrons. The molecule has 0 aromatic heterocycles. The molecule has 0 saturated carbocycles. The number of nitrogens with zero attached hydrogens (tertiary/aromatic N) is 1. The van der Waals surface area contributed by atoms with Gasteiger partial charge in [-0.15, -0.1) is 0 Å². The molecule has 3 rings (SSSR count). The number of anilines is 1. The highest BCUT2D eigenvalue weighted by Crippen LogP contribution is 2.19. The summed E-state index contributed by atoms with van der Waals surface area (Å²) >= 11 is 0. The van der Waals surface area contributed by atoms with Crippen molar-refractivity contribution in [3.05, 3.63) is 65.2 Å². The molecular weight excluding hydrogens is 268 g/mol. The molecule has 1 aliphatic heterocycles. The van der Waals surface area contributed by atoms with Gasteiger partial charge < -0.3 is 10.2 Å². The van der Waals surface area contributed by atoms with Gasteiger partial charge in [-0.1, -0.05) is 42.0 Å². The number of aryl methyl sites for hydroxylation is 2. The second kappa shape index (κ2) is 6.97. The molecule has 22 heavy (non-hydrogen) atoms. The van der Waals surface area contributed by atoms with E-state index in [1.807, 2.05) is 12.1 Å². The van der Waals surface area contributed by atoms with Gasteiger partial charge in [0.1, 0.15) is 0 Å². The van der Waals surface area contributed by atoms with E-state index >= 15 is 0 Å². The highest BCUT2D eigenvalue weighted by atomic mass is 15.1. The number of hydrogen-bond donors (Lipinski definition) is 1. The molecule has 1 N–H and O–H groups in total. The number of rotatable bonds is 4. The van der Waals surface area contributed by atoms with Crippen LogP contribution in [0, 0.1) is 19.9 Å². The number of benzene rings is 2. The monoisotopic (exact) mass is 293 g/mol. The molecule has 0 aliphatic carbocycles. The lowest BCUT2D eigenvalue weighted by Gasteiger charge is -2.34. The molecule has 2 nitrogen and oxygen atoms in total. The predicted octanol–water partition coefficient (Wildman–Crippen LogP) is 3.86. The van der Waals surface area contributed by atoms with Gasteiger partial charge in [0, 0.05) is 37.4 Å². The van der Waals surface area contributed by atoms with Crippen molar-refractivity contribution in [1.29, 1.82) is 0 Å². The minimum atomic E-state index is 0.626. The van der Waals surface area contributed by atoms with Crippen molar-refractivity contribution in [2.24, 2.45) is 0 Å². The lowest BCUT2D eigenvalue weighted by Crippen LogP contribution is -2.42. The maximum Gasteiger partial charge on any atom is 0.0446 e. The molecule has 1 aliphatic rings. The van der Waals surface area contributed by atoms with Crippen molar-refractivity contribution >= 4 is 5.69 Å². The molecule has 0 amide bonds. The maximum absolute atomic E-state index is 3.73. The Hall–Kier alpha value is -1.80. The van der Waals surface area contributed by atoms with Crippen LogP contribution in [0.2, 0.25) is 0 Å². The van der Waals surface area contributed by atoms with Crippen LogP contribution in [0.5, 0.6) is 0 Å². The molecule has 1 saturated heterocycles. The van der Waals surface area contributed by atoms with E-state index in [9.17, 15) is 0 Å². The largest absolute Gasteiger partial charge is 0.371 e. The Labute approximate surface area is 134 Å². The quantitative estimate of drug-likeness (QED) is 0.921. The SMILES string of the molecule is Cc1ccc(CNC2CCN(c3[c]cccc3)CC2)c(C)c1. The third-order valence-electron chi connectivity index (χ3n) is 4.61. The second-order valence-electron chi connectivity index (χ2n) is 6.32. The first kappa shape index (κ1) is 15.1. The third-order valence-corrected chi connectivity index (χ3v) is 4.61. The van der Waals surface area contributed by atoms with E-state index < -0.39 is 0 Å². The van der Waals surface area contributed by atoms with Gasteiger partial charge in [-0.3, -0.25) is 0 Å². The van der Waals surface area contributed by atoms with Gasteiger partial charge in [-0.05, 0) is 43.9 Å². The van der Waals surface area contributed by atoms with Gasteiger partial charge in [-0.2, -0.15) is 0 Å². The highest BCUT2D eigenvalue weighted by molar-refractivity contribution is 5.45. The fraction of sp³-hybridized carbons (Fsp3) is 0.400. The fourth-order valence-corrected chi connectivity index (χ4v) is 3.20. The van der Waals surface area contributed by atoms with Crippen LogP contribution in [0.1, 0.15) is 29.5 Å². The molecule has 2 heteroatoms. The summed E-state index contributed by atoms with van der Waals surface area (Å²) in [5.74, 6) is 0. The minimum Gasteiger partial charge on any atom is -0.371 e. The van der Waals surface area contributed by atoms with Gasteiger partial charge >= 0.3 is 0 Å². The normalized spacial score (nSPS) is 16.0. The van der Waals surface area contributed by atoms with Crippen molar-refractivity contribution < 1.29 is 0 Å². The van der Waals surface area contributed by atoms with Gasteiger partial charge in [0.2, 0.25) is 0 Å². The first-order chi connectivity index (χ1) is 10.7. The van der Waals surface area contributed by atoms with Crippen molar-refractivity contribution in [1.82, 2.24) is 5.32 Å². The van der Waals surface area contributed by atoms with Crippen molar-refractivity contribution in [3.8, 4) is 0 Å². The summed E-state index contributed by atoms with van der Waals surface area (Å²) in [6.45, 7) is 7.57. The van der Waals surface area contributed by atoms with E-state index in [2.05, 4.69) is 60.5 Å². The Kier molecular flexibility index (Phi) is 4.79. The zero-order valence-corrected chi connectivity index (χ0v) is 13.6. The van der Waals surface area contributed by atoms with E-state index in [1.54, 1.807) is 0 Å². The fourth-order valence-electron chi connectivity index (χ4n) is 3.20. The van der Waals surface area contributed by atoms with E-state index in [4.69, 9.17) is 0 Å². The van der Waals surface area contributed by atoms with Crippen LogP contribution < -0.4 is 10.2 Å². The van der Waals surface area contributed by atoms with Gasteiger partial charge in [0.05, 0.1) is 0 Å². The molecular formula is C20H25N2. The molecule has 0 bridgehead atoms. The predicted molar refractivity (Wildman–Crippen MR) is 93.3 cm³/mol. The zero-order valence-electron chi connectivity index (χ0n) is 13.6. The van der Waals surface area contributed by atoms with Crippen LogP contribution in [-0.2, 0) is 6.54 Å². The summed E-state index contributed by atoms with van der Waals surface area (Å²) in [4.78, 5) is 2.44. The molecule has 2 aromatic rings. The number of hydrogen-bond acceptors (Lipinski definition) is 2. The van der Waals surface area contributed by atoms with E-state index in [-0.39, 0.29) is 0 Å². The Bertz CT molecular complexity index is 598. The van der Waals surface area contributed by atoms with Crippen LogP contribution in [0.3, 0.4) is 0 Å². The van der Waals surface area contributed by atoms with Crippen LogP contribution in [0.25, 0.3) is 0 Å². The van der Waals surface area contributed by atoms with E-state index in [1.165, 1.54) is 35.2 Å². The second-order valence-corrected chi connectivity index (χ2v) is 6.32. The van der Waals surface area contributed by atoms with Crippen LogP contribution >= 0.6 is 0 Å². The van der Waals surface area contributed by atoms with Crippen molar-refractivity contribution in [2.45, 2.75) is 39.3 Å². The molecule has 2 aromatic carbocycles. The van der Waals surface area contributed by atoms with Crippen molar-refractivity contribution in [2.75, 3.05) is 18.0 Å². The number of para-hydroxylation sites is 1. The molecule has 0 atom stereocenters. The highest BCUT2D eigenvalue weighted by Gasteiger charge is 2.19. The summed E-state index contributed by atoms with van der Waals surface area (Å²) in [7, 11) is 0. The molecule has 1 radical (unpaired) electrons. The van der Waals surface area contributed by atoms with E-state index in [0.29, 0.717) is 6.04 Å². The summed E-state index contributed by atoms with van der Waals surface area (Å²) < 4.78 is 0. The van der Waals surface area contributed by atoms with Crippen LogP contribution in [0.15, 0.2) is 42.5 Å². The Balaban J connectivity index is 1.50. The average molecular weight is 293 g/mol. The molecule has 0 spiro atoms. The van der Waals surface area contributed by atoms with Crippen LogP contribution in [-0.4, -0.2) is 19.1 Å². The summed E-state index contributed by atoms with van der Waals surface area (Å²) in [5, 5.41) is 3.73. The molecule has 1 heterocycles. The third kappa shape index (κ3) is 3.69. The Morgan fingerprint density at radius 2 is 1.95 bits per heavy atom. The van der Waals surface area contributed by atoms with Gasteiger partial charge in [0.25, 0.3) is 0 Å². The van der Waals surface area contributed by atoms with Gasteiger partial charge in [-0.25, -0.2) is 0 Å². The minimum absolute atomic E-state index is 0.626. The Morgan fingerprint density at radius 3 is 2.64 bits per heavy atom. The Morgan fingerprint density at radius 1 is 1.14 bits per heavy atom. The van der Waals surface area contributed by atoms with Gasteiger partial charge in [0.15, 0.2) is 0 Å². The number of piperidine rings is 1.